The summed E-state index contributed by atoms with van der Waals surface area (Å²) in [7, 11) is 1.77. The molecule has 0 aromatic heterocycles. The minimum Gasteiger partial charge on any atom is -0.330 e. The van der Waals surface area contributed by atoms with Gasteiger partial charge in [0.05, 0.1) is 6.10 Å². The molecule has 1 N–H and O–H groups in total. The molecule has 0 aromatic carbocycles. The van der Waals surface area contributed by atoms with Crippen LogP contribution in [0, 0.1) is 5.92 Å². The monoisotopic (exact) mass is 226 g/mol. The van der Waals surface area contributed by atoms with Gasteiger partial charge in [0.2, 0.25) is 0 Å². The normalized spacial score (nSPS) is 18.6. The van der Waals surface area contributed by atoms with Crippen LogP contribution in [0.4, 0.5) is 0 Å². The first kappa shape index (κ1) is 13.6. The fraction of sp³-hybridized carbons (Fsp3) is 1.00. The van der Waals surface area contributed by atoms with Gasteiger partial charge in [-0.1, -0.05) is 20.8 Å². The summed E-state index contributed by atoms with van der Waals surface area (Å²) in [5, 5.41) is 0. The zero-order valence-corrected chi connectivity index (χ0v) is 10.7. The van der Waals surface area contributed by atoms with Crippen LogP contribution in [-0.2, 0) is 9.05 Å². The van der Waals surface area contributed by atoms with Gasteiger partial charge in [0, 0.05) is 7.11 Å². The maximum atomic E-state index is 9.52. The molecular weight excluding hydrogens is 206 g/mol. The van der Waals surface area contributed by atoms with Gasteiger partial charge in [0.25, 0.3) is 7.23 Å². The molecule has 0 rings (SSSR count). The molecule has 13 heavy (non-hydrogen) atoms. The Morgan fingerprint density at radius 2 is 2.00 bits per heavy atom. The molecule has 0 radical (unpaired) electrons. The number of rotatable bonds is 6. The lowest BCUT2D eigenvalue weighted by molar-refractivity contribution is 0.133. The Bertz CT molecular complexity index is 182. The molecule has 0 saturated heterocycles. The van der Waals surface area contributed by atoms with Crippen molar-refractivity contribution in [3.63, 3.8) is 0 Å². The van der Waals surface area contributed by atoms with E-state index in [0.717, 1.165) is 12.8 Å². The second-order valence-electron chi connectivity index (χ2n) is 3.47. The summed E-state index contributed by atoms with van der Waals surface area (Å²) in [5.74, 6) is 0.563. The summed E-state index contributed by atoms with van der Waals surface area (Å²) in [6, 6.07) is 0. The molecule has 0 aromatic rings. The van der Waals surface area contributed by atoms with Gasteiger partial charge in [0.15, 0.2) is 0 Å². The van der Waals surface area contributed by atoms with Crippen LogP contribution in [0.2, 0.25) is 0 Å². The van der Waals surface area contributed by atoms with E-state index in [1.165, 1.54) is 7.11 Å². The maximum Gasteiger partial charge on any atom is 0.273 e. The maximum absolute atomic E-state index is 9.52. The molecule has 0 aliphatic carbocycles. The van der Waals surface area contributed by atoms with Gasteiger partial charge in [0.1, 0.15) is 0 Å². The first-order valence-corrected chi connectivity index (χ1v) is 7.44. The molecule has 0 heterocycles. The molecule has 0 aliphatic heterocycles. The topological polar surface area (TPSA) is 38.7 Å². The van der Waals surface area contributed by atoms with Gasteiger partial charge in [-0.3, -0.25) is 0 Å². The Hall–Kier alpha value is 0.610. The van der Waals surface area contributed by atoms with Crippen molar-refractivity contribution in [3.8, 4) is 0 Å². The van der Waals surface area contributed by atoms with Crippen LogP contribution in [0.15, 0.2) is 0 Å². The zero-order valence-electron chi connectivity index (χ0n) is 8.78. The smallest absolute Gasteiger partial charge is 0.273 e. The highest BCUT2D eigenvalue weighted by Crippen LogP contribution is 2.50. The van der Waals surface area contributed by atoms with Crippen LogP contribution in [0.25, 0.3) is 0 Å². The predicted molar refractivity (Wildman–Crippen MR) is 59.1 cm³/mol. The number of hydrogen-bond donors (Lipinski definition) is 1. The fourth-order valence-corrected chi connectivity index (χ4v) is 2.23. The van der Waals surface area contributed by atoms with Crippen molar-refractivity contribution < 1.29 is 13.9 Å². The largest absolute Gasteiger partial charge is 0.330 e. The van der Waals surface area contributed by atoms with Crippen molar-refractivity contribution in [1.29, 1.82) is 0 Å². The zero-order chi connectivity index (χ0) is 10.5. The highest BCUT2D eigenvalue weighted by atomic mass is 31.8. The highest BCUT2D eigenvalue weighted by molar-refractivity contribution is 7.88. The van der Waals surface area contributed by atoms with E-state index in [0.29, 0.717) is 5.92 Å². The lowest BCUT2D eigenvalue weighted by Gasteiger charge is -2.23. The molecule has 0 fully saturated rings. The lowest BCUT2D eigenvalue weighted by Crippen LogP contribution is -2.12. The Morgan fingerprint density at radius 3 is 2.31 bits per heavy atom. The van der Waals surface area contributed by atoms with Crippen molar-refractivity contribution >= 4 is 15.8 Å². The van der Waals surface area contributed by atoms with E-state index in [9.17, 15) is 4.89 Å². The van der Waals surface area contributed by atoms with E-state index >= 15 is 0 Å². The molecule has 0 spiro atoms. The Labute approximate surface area is 83.1 Å². The minimum absolute atomic E-state index is 0.0655. The van der Waals surface area contributed by atoms with Crippen LogP contribution in [0.5, 0.6) is 0 Å². The van der Waals surface area contributed by atoms with Crippen LogP contribution >= 0.6 is 15.8 Å². The van der Waals surface area contributed by atoms with E-state index in [-0.39, 0.29) is 6.10 Å². The third kappa shape index (κ3) is 6.65. The molecule has 5 heteroatoms. The van der Waals surface area contributed by atoms with Gasteiger partial charge >= 0.3 is 0 Å². The first-order valence-electron chi connectivity index (χ1n) is 4.52. The molecule has 0 amide bonds. The van der Waals surface area contributed by atoms with Crippen LogP contribution in [0.3, 0.4) is 0 Å². The summed E-state index contributed by atoms with van der Waals surface area (Å²) < 4.78 is 10.2. The van der Waals surface area contributed by atoms with Crippen LogP contribution in [0.1, 0.15) is 33.6 Å². The van der Waals surface area contributed by atoms with Crippen LogP contribution in [-0.4, -0.2) is 18.1 Å². The molecule has 3 nitrogen and oxygen atoms in total. The minimum atomic E-state index is -2.75. The highest BCUT2D eigenvalue weighted by Gasteiger charge is 2.18. The standard InChI is InChI=1S/C8H20O3P2/c1-5-8(6-7(2)3)11-13(9,12)10-4/h7-9,12H,5-6H2,1-4H3. The molecule has 2 unspecified atom stereocenters. The fourth-order valence-electron chi connectivity index (χ4n) is 1.06. The quantitative estimate of drug-likeness (QED) is 0.706. The van der Waals surface area contributed by atoms with Gasteiger partial charge in [-0.25, -0.2) is 0 Å². The van der Waals surface area contributed by atoms with E-state index in [1.807, 2.05) is 6.92 Å². The molecule has 80 valence electrons. The van der Waals surface area contributed by atoms with Crippen molar-refractivity contribution in [2.24, 2.45) is 5.92 Å². The van der Waals surface area contributed by atoms with E-state index in [1.54, 1.807) is 0 Å². The molecule has 2 atom stereocenters. The molecule has 0 aliphatic rings. The van der Waals surface area contributed by atoms with E-state index in [4.69, 9.17) is 9.05 Å². The van der Waals surface area contributed by atoms with E-state index in [2.05, 4.69) is 22.4 Å². The van der Waals surface area contributed by atoms with Gasteiger partial charge in [-0.15, -0.1) is 0 Å². The van der Waals surface area contributed by atoms with Crippen molar-refractivity contribution in [3.05, 3.63) is 0 Å². The summed E-state index contributed by atoms with van der Waals surface area (Å²) >= 11 is 0. The molecular formula is C8H20O3P2. The van der Waals surface area contributed by atoms with Gasteiger partial charge in [-0.05, 0) is 27.3 Å². The second-order valence-corrected chi connectivity index (χ2v) is 6.78. The van der Waals surface area contributed by atoms with Crippen molar-refractivity contribution in [2.75, 3.05) is 7.11 Å². The third-order valence-electron chi connectivity index (χ3n) is 1.73. The Kier molecular flexibility index (Phi) is 6.45. The van der Waals surface area contributed by atoms with Gasteiger partial charge < -0.3 is 13.9 Å². The van der Waals surface area contributed by atoms with E-state index < -0.39 is 7.23 Å². The van der Waals surface area contributed by atoms with Gasteiger partial charge in [-0.2, -0.15) is 0 Å². The average molecular weight is 226 g/mol. The lowest BCUT2D eigenvalue weighted by atomic mass is 10.0. The number of hydrogen-bond acceptors (Lipinski definition) is 2. The summed E-state index contributed by atoms with van der Waals surface area (Å²) in [4.78, 5) is 9.52. The third-order valence-corrected chi connectivity index (χ3v) is 3.67. The summed E-state index contributed by atoms with van der Waals surface area (Å²) in [6.07, 6.45) is 1.89. The Balaban J connectivity index is 4.05. The first-order chi connectivity index (χ1) is 5.91. The molecule has 0 bridgehead atoms. The van der Waals surface area contributed by atoms with Crippen molar-refractivity contribution in [2.45, 2.75) is 39.7 Å². The van der Waals surface area contributed by atoms with Crippen molar-refractivity contribution in [1.82, 2.24) is 0 Å². The van der Waals surface area contributed by atoms with Crippen LogP contribution < -0.4 is 0 Å². The Morgan fingerprint density at radius 1 is 1.46 bits per heavy atom. The predicted octanol–water partition coefficient (Wildman–Crippen LogP) is 3.29. The summed E-state index contributed by atoms with van der Waals surface area (Å²) in [5.41, 5.74) is 0. The summed E-state index contributed by atoms with van der Waals surface area (Å²) in [6.45, 7) is 6.29. The molecule has 0 saturated carbocycles. The average Bonchev–Trinajstić information content (AvgIpc) is 2.02. The second kappa shape index (κ2) is 6.16. The SMILES string of the molecule is CCC(CC(C)C)OP(O)(=P)OC.